The molecule has 0 radical (unpaired) electrons. The van der Waals surface area contributed by atoms with Gasteiger partial charge in [0.15, 0.2) is 5.13 Å². The van der Waals surface area contributed by atoms with Crippen LogP contribution in [0.15, 0.2) is 48.5 Å². The van der Waals surface area contributed by atoms with Crippen molar-refractivity contribution in [2.45, 2.75) is 44.2 Å². The Hall–Kier alpha value is -3.74. The SMILES string of the molecule is CN(C)C1CCc2nc(NC(=O)c3cccc(C4CCCN4C(=O)Nc4cccc(C#N)c4)c3)sc2C1. The van der Waals surface area contributed by atoms with Crippen LogP contribution in [0, 0.1) is 11.3 Å². The van der Waals surface area contributed by atoms with Crippen LogP contribution < -0.4 is 10.6 Å². The lowest BCUT2D eigenvalue weighted by Gasteiger charge is -2.27. The summed E-state index contributed by atoms with van der Waals surface area (Å²) in [6.07, 6.45) is 4.68. The second-order valence-corrected chi connectivity index (χ2v) is 10.9. The van der Waals surface area contributed by atoms with Crippen molar-refractivity contribution >= 4 is 34.1 Å². The van der Waals surface area contributed by atoms with Crippen LogP contribution >= 0.6 is 11.3 Å². The third-order valence-corrected chi connectivity index (χ3v) is 8.19. The normalized spacial score (nSPS) is 18.8. The Morgan fingerprint density at radius 3 is 2.78 bits per heavy atom. The van der Waals surface area contributed by atoms with Crippen LogP contribution in [0.5, 0.6) is 0 Å². The summed E-state index contributed by atoms with van der Waals surface area (Å²) in [5, 5.41) is 15.7. The first-order valence-corrected chi connectivity index (χ1v) is 13.4. The Balaban J connectivity index is 1.27. The van der Waals surface area contributed by atoms with E-state index in [1.165, 1.54) is 4.88 Å². The molecule has 2 atom stereocenters. The van der Waals surface area contributed by atoms with Gasteiger partial charge >= 0.3 is 6.03 Å². The van der Waals surface area contributed by atoms with Crippen LogP contribution in [0.4, 0.5) is 15.6 Å². The molecule has 3 amide bonds. The fraction of sp³-hybridized carbons (Fsp3) is 0.357. The number of nitrogens with zero attached hydrogens (tertiary/aromatic N) is 4. The van der Waals surface area contributed by atoms with Crippen LogP contribution in [0.1, 0.15) is 57.4 Å². The minimum atomic E-state index is -0.211. The van der Waals surface area contributed by atoms with Gasteiger partial charge in [0, 0.05) is 28.7 Å². The van der Waals surface area contributed by atoms with Crippen molar-refractivity contribution < 1.29 is 9.59 Å². The summed E-state index contributed by atoms with van der Waals surface area (Å²) >= 11 is 1.57. The molecule has 1 aromatic heterocycles. The van der Waals surface area contributed by atoms with E-state index in [0.717, 1.165) is 43.4 Å². The Bertz CT molecular complexity index is 1360. The Morgan fingerprint density at radius 1 is 1.14 bits per heavy atom. The number of carbonyl (C=O) groups excluding carboxylic acids is 2. The number of carbonyl (C=O) groups is 2. The molecular weight excluding hydrogens is 484 g/mol. The van der Waals surface area contributed by atoms with Gasteiger partial charge in [-0.15, -0.1) is 11.3 Å². The van der Waals surface area contributed by atoms with Gasteiger partial charge < -0.3 is 15.1 Å². The Kier molecular flexibility index (Phi) is 7.22. The minimum Gasteiger partial charge on any atom is -0.317 e. The number of anilines is 2. The number of aryl methyl sites for hydroxylation is 1. The van der Waals surface area contributed by atoms with Crippen molar-refractivity contribution in [2.75, 3.05) is 31.3 Å². The second kappa shape index (κ2) is 10.7. The van der Waals surface area contributed by atoms with Gasteiger partial charge in [-0.3, -0.25) is 10.1 Å². The molecule has 5 rings (SSSR count). The first-order valence-electron chi connectivity index (χ1n) is 12.6. The largest absolute Gasteiger partial charge is 0.322 e. The molecule has 3 aromatic rings. The maximum Gasteiger partial charge on any atom is 0.322 e. The lowest BCUT2D eigenvalue weighted by atomic mass is 9.97. The van der Waals surface area contributed by atoms with Crippen molar-refractivity contribution in [3.63, 3.8) is 0 Å². The standard InChI is InChI=1S/C28H30N6O2S/c1-33(2)22-11-12-23-25(16-22)37-27(31-23)32-26(35)20-8-4-7-19(15-20)24-10-5-13-34(24)28(36)30-21-9-3-6-18(14-21)17-29/h3-4,6-9,14-15,22,24H,5,10-13,16H2,1-2H3,(H,30,36)(H,31,32,35). The number of fused-ring (bicyclic) bond motifs is 1. The Morgan fingerprint density at radius 2 is 1.97 bits per heavy atom. The van der Waals surface area contributed by atoms with E-state index in [0.29, 0.717) is 34.5 Å². The molecule has 2 N–H and O–H groups in total. The summed E-state index contributed by atoms with van der Waals surface area (Å²) < 4.78 is 0. The van der Waals surface area contributed by atoms with Gasteiger partial charge in [-0.1, -0.05) is 18.2 Å². The quantitative estimate of drug-likeness (QED) is 0.496. The van der Waals surface area contributed by atoms with E-state index in [4.69, 9.17) is 5.26 Å². The molecule has 37 heavy (non-hydrogen) atoms. The number of amides is 3. The van der Waals surface area contributed by atoms with Gasteiger partial charge in [0.25, 0.3) is 5.91 Å². The average molecular weight is 515 g/mol. The molecule has 2 aliphatic rings. The van der Waals surface area contributed by atoms with Crippen LogP contribution in [0.25, 0.3) is 0 Å². The highest BCUT2D eigenvalue weighted by Gasteiger charge is 2.31. The number of nitrogens with one attached hydrogen (secondary N) is 2. The predicted molar refractivity (Wildman–Crippen MR) is 145 cm³/mol. The van der Waals surface area contributed by atoms with Gasteiger partial charge in [-0.25, -0.2) is 9.78 Å². The summed E-state index contributed by atoms with van der Waals surface area (Å²) in [6, 6.07) is 16.6. The highest BCUT2D eigenvalue weighted by Crippen LogP contribution is 2.34. The molecule has 1 fully saturated rings. The van der Waals surface area contributed by atoms with E-state index >= 15 is 0 Å². The predicted octanol–water partition coefficient (Wildman–Crippen LogP) is 5.05. The topological polar surface area (TPSA) is 101 Å². The third-order valence-electron chi connectivity index (χ3n) is 7.15. The molecule has 9 heteroatoms. The zero-order chi connectivity index (χ0) is 25.9. The lowest BCUT2D eigenvalue weighted by Crippen LogP contribution is -2.34. The molecule has 8 nitrogen and oxygen atoms in total. The number of likely N-dealkylation sites (tertiary alicyclic amines) is 1. The molecule has 1 aliphatic heterocycles. The average Bonchev–Trinajstić information content (AvgIpc) is 3.55. The van der Waals surface area contributed by atoms with E-state index in [1.54, 1.807) is 46.6 Å². The highest BCUT2D eigenvalue weighted by molar-refractivity contribution is 7.15. The zero-order valence-electron chi connectivity index (χ0n) is 21.0. The van der Waals surface area contributed by atoms with E-state index in [9.17, 15) is 9.59 Å². The smallest absolute Gasteiger partial charge is 0.317 e. The van der Waals surface area contributed by atoms with Gasteiger partial charge in [-0.2, -0.15) is 5.26 Å². The highest BCUT2D eigenvalue weighted by atomic mass is 32.1. The maximum absolute atomic E-state index is 13.1. The summed E-state index contributed by atoms with van der Waals surface area (Å²) in [5.41, 5.74) is 3.66. The van der Waals surface area contributed by atoms with E-state index in [-0.39, 0.29) is 18.0 Å². The summed E-state index contributed by atoms with van der Waals surface area (Å²) in [4.78, 5) is 36.2. The van der Waals surface area contributed by atoms with Crippen LogP contribution in [-0.4, -0.2) is 53.4 Å². The number of hydrogen-bond donors (Lipinski definition) is 2. The molecule has 190 valence electrons. The minimum absolute atomic E-state index is 0.123. The van der Waals surface area contributed by atoms with Crippen LogP contribution in [0.2, 0.25) is 0 Å². The second-order valence-electron chi connectivity index (χ2n) is 9.80. The maximum atomic E-state index is 13.1. The monoisotopic (exact) mass is 514 g/mol. The molecule has 2 aromatic carbocycles. The van der Waals surface area contributed by atoms with E-state index in [1.807, 2.05) is 18.2 Å². The van der Waals surface area contributed by atoms with E-state index in [2.05, 4.69) is 40.7 Å². The van der Waals surface area contributed by atoms with Crippen molar-refractivity contribution in [2.24, 2.45) is 0 Å². The summed E-state index contributed by atoms with van der Waals surface area (Å²) in [6.45, 7) is 0.628. The number of thiazole rings is 1. The number of nitriles is 1. The van der Waals surface area contributed by atoms with Crippen LogP contribution in [0.3, 0.4) is 0 Å². The van der Waals surface area contributed by atoms with Gasteiger partial charge in [-0.05, 0) is 82.1 Å². The molecule has 0 bridgehead atoms. The van der Waals surface area contributed by atoms with Gasteiger partial charge in [0.1, 0.15) is 0 Å². The fourth-order valence-electron chi connectivity index (χ4n) is 5.13. The van der Waals surface area contributed by atoms with Gasteiger partial charge in [0.05, 0.1) is 23.4 Å². The summed E-state index contributed by atoms with van der Waals surface area (Å²) in [7, 11) is 4.21. The van der Waals surface area contributed by atoms with Crippen molar-refractivity contribution in [1.29, 1.82) is 5.26 Å². The molecule has 0 saturated carbocycles. The Labute approximate surface area is 220 Å². The molecule has 2 heterocycles. The molecule has 1 aliphatic carbocycles. The van der Waals surface area contributed by atoms with Crippen molar-refractivity contribution in [3.8, 4) is 6.07 Å². The molecule has 1 saturated heterocycles. The number of likely N-dealkylation sites (N-methyl/N-ethyl adjacent to an activating group) is 1. The number of aromatic nitrogens is 1. The molecular formula is C28H30N6O2S. The van der Waals surface area contributed by atoms with Crippen molar-refractivity contribution in [1.82, 2.24) is 14.8 Å². The molecule has 0 spiro atoms. The van der Waals surface area contributed by atoms with Crippen molar-refractivity contribution in [3.05, 3.63) is 75.8 Å². The first-order chi connectivity index (χ1) is 17.9. The third kappa shape index (κ3) is 5.50. The number of urea groups is 1. The van der Waals surface area contributed by atoms with Crippen LogP contribution in [-0.2, 0) is 12.8 Å². The first kappa shape index (κ1) is 24.9. The van der Waals surface area contributed by atoms with Gasteiger partial charge in [0.2, 0.25) is 0 Å². The fourth-order valence-corrected chi connectivity index (χ4v) is 6.20. The zero-order valence-corrected chi connectivity index (χ0v) is 21.8. The summed E-state index contributed by atoms with van der Waals surface area (Å²) in [5.74, 6) is -0.195. The molecule has 2 unspecified atom stereocenters. The van der Waals surface area contributed by atoms with E-state index < -0.39 is 0 Å². The number of hydrogen-bond acceptors (Lipinski definition) is 6. The number of benzene rings is 2. The number of rotatable bonds is 5. The lowest BCUT2D eigenvalue weighted by molar-refractivity contribution is 0.102.